The molecule has 0 aliphatic carbocycles. The third-order valence-corrected chi connectivity index (χ3v) is 3.28. The maximum absolute atomic E-state index is 12.1. The van der Waals surface area contributed by atoms with Crippen LogP contribution in [0.2, 0.25) is 0 Å². The van der Waals surface area contributed by atoms with E-state index in [2.05, 4.69) is 5.32 Å². The van der Waals surface area contributed by atoms with Crippen molar-refractivity contribution in [3.05, 3.63) is 58.5 Å². The highest BCUT2D eigenvalue weighted by molar-refractivity contribution is 5.94. The third-order valence-electron chi connectivity index (χ3n) is 3.28. The van der Waals surface area contributed by atoms with Crippen molar-refractivity contribution in [3.63, 3.8) is 0 Å². The molecule has 0 atom stereocenters. The smallest absolute Gasteiger partial charge is 0.307 e. The molecule has 1 amide bonds. The van der Waals surface area contributed by atoms with Gasteiger partial charge in [0, 0.05) is 17.7 Å². The standard InChI is InChI=1S/C16H17NO4/c1-10-9-21-11(2)14(10)8-17-16(20)13-5-3-4-12(6-13)7-15(18)19/h3-6,9H,7-8H2,1-2H3,(H,17,20)(H,18,19). The number of rotatable bonds is 5. The van der Waals surface area contributed by atoms with Crippen LogP contribution in [0.4, 0.5) is 0 Å². The van der Waals surface area contributed by atoms with Gasteiger partial charge < -0.3 is 14.8 Å². The maximum atomic E-state index is 12.1. The van der Waals surface area contributed by atoms with E-state index in [-0.39, 0.29) is 12.3 Å². The van der Waals surface area contributed by atoms with Gasteiger partial charge in [0.25, 0.3) is 5.91 Å². The first kappa shape index (κ1) is 14.8. The molecular formula is C16H17NO4. The SMILES string of the molecule is Cc1coc(C)c1CNC(=O)c1cccc(CC(=O)O)c1. The van der Waals surface area contributed by atoms with Crippen molar-refractivity contribution in [2.75, 3.05) is 0 Å². The molecule has 0 saturated heterocycles. The van der Waals surface area contributed by atoms with Crippen LogP contribution in [0.5, 0.6) is 0 Å². The average molecular weight is 287 g/mol. The number of aliphatic carboxylic acids is 1. The summed E-state index contributed by atoms with van der Waals surface area (Å²) in [5.74, 6) is -0.369. The van der Waals surface area contributed by atoms with Gasteiger partial charge in [-0.2, -0.15) is 0 Å². The first-order chi connectivity index (χ1) is 9.97. The maximum Gasteiger partial charge on any atom is 0.307 e. The highest BCUT2D eigenvalue weighted by Gasteiger charge is 2.11. The minimum Gasteiger partial charge on any atom is -0.481 e. The molecule has 21 heavy (non-hydrogen) atoms. The van der Waals surface area contributed by atoms with E-state index in [0.717, 1.165) is 16.9 Å². The minimum absolute atomic E-state index is 0.0962. The molecule has 5 nitrogen and oxygen atoms in total. The molecule has 0 fully saturated rings. The van der Waals surface area contributed by atoms with Gasteiger partial charge in [-0.3, -0.25) is 9.59 Å². The van der Waals surface area contributed by atoms with Gasteiger partial charge in [0.2, 0.25) is 0 Å². The number of amides is 1. The molecule has 0 bridgehead atoms. The number of carboxylic acid groups (broad SMARTS) is 1. The highest BCUT2D eigenvalue weighted by Crippen LogP contribution is 2.15. The Kier molecular flexibility index (Phi) is 4.42. The fourth-order valence-electron chi connectivity index (χ4n) is 2.13. The molecule has 0 saturated carbocycles. The lowest BCUT2D eigenvalue weighted by molar-refractivity contribution is -0.136. The van der Waals surface area contributed by atoms with Crippen LogP contribution in [0, 0.1) is 13.8 Å². The van der Waals surface area contributed by atoms with Gasteiger partial charge in [-0.05, 0) is 37.1 Å². The van der Waals surface area contributed by atoms with E-state index >= 15 is 0 Å². The topological polar surface area (TPSA) is 79.5 Å². The molecule has 110 valence electrons. The van der Waals surface area contributed by atoms with Crippen molar-refractivity contribution in [3.8, 4) is 0 Å². The van der Waals surface area contributed by atoms with Gasteiger partial charge in [0.1, 0.15) is 5.76 Å². The summed E-state index contributed by atoms with van der Waals surface area (Å²) in [5, 5.41) is 11.6. The lowest BCUT2D eigenvalue weighted by Gasteiger charge is -2.07. The zero-order chi connectivity index (χ0) is 15.4. The van der Waals surface area contributed by atoms with E-state index in [1.54, 1.807) is 30.5 Å². The second kappa shape index (κ2) is 6.26. The molecule has 0 radical (unpaired) electrons. The summed E-state index contributed by atoms with van der Waals surface area (Å²) < 4.78 is 5.28. The Morgan fingerprint density at radius 1 is 1.29 bits per heavy atom. The van der Waals surface area contributed by atoms with Crippen molar-refractivity contribution >= 4 is 11.9 Å². The largest absolute Gasteiger partial charge is 0.481 e. The Bertz CT molecular complexity index is 653. The Balaban J connectivity index is 2.05. The van der Waals surface area contributed by atoms with E-state index < -0.39 is 5.97 Å². The normalized spacial score (nSPS) is 10.4. The number of aryl methyl sites for hydroxylation is 2. The molecule has 0 aliphatic rings. The van der Waals surface area contributed by atoms with Crippen LogP contribution in [0.3, 0.4) is 0 Å². The zero-order valence-electron chi connectivity index (χ0n) is 12.0. The van der Waals surface area contributed by atoms with E-state index in [9.17, 15) is 9.59 Å². The van der Waals surface area contributed by atoms with Crippen molar-refractivity contribution in [2.45, 2.75) is 26.8 Å². The molecule has 1 aromatic heterocycles. The Morgan fingerprint density at radius 3 is 2.67 bits per heavy atom. The number of nitrogens with one attached hydrogen (secondary N) is 1. The van der Waals surface area contributed by atoms with E-state index in [0.29, 0.717) is 17.7 Å². The third kappa shape index (κ3) is 3.72. The monoisotopic (exact) mass is 287 g/mol. The van der Waals surface area contributed by atoms with E-state index in [1.165, 1.54) is 0 Å². The second-order valence-electron chi connectivity index (χ2n) is 4.91. The van der Waals surface area contributed by atoms with Gasteiger partial charge >= 0.3 is 5.97 Å². The Hall–Kier alpha value is -2.56. The second-order valence-corrected chi connectivity index (χ2v) is 4.91. The van der Waals surface area contributed by atoms with Gasteiger partial charge in [-0.15, -0.1) is 0 Å². The van der Waals surface area contributed by atoms with Crippen molar-refractivity contribution < 1.29 is 19.1 Å². The molecule has 2 N–H and O–H groups in total. The number of hydrogen-bond donors (Lipinski definition) is 2. The van der Waals surface area contributed by atoms with Crippen LogP contribution < -0.4 is 5.32 Å². The quantitative estimate of drug-likeness (QED) is 0.885. The van der Waals surface area contributed by atoms with Crippen LogP contribution in [-0.2, 0) is 17.8 Å². The lowest BCUT2D eigenvalue weighted by atomic mass is 10.1. The van der Waals surface area contributed by atoms with Crippen LogP contribution >= 0.6 is 0 Å². The number of carboxylic acids is 1. The minimum atomic E-state index is -0.919. The lowest BCUT2D eigenvalue weighted by Crippen LogP contribution is -2.23. The molecule has 0 aliphatic heterocycles. The zero-order valence-corrected chi connectivity index (χ0v) is 12.0. The Labute approximate surface area is 122 Å². The van der Waals surface area contributed by atoms with Gasteiger partial charge in [-0.25, -0.2) is 0 Å². The number of benzene rings is 1. The number of carbonyl (C=O) groups excluding carboxylic acids is 1. The van der Waals surface area contributed by atoms with Crippen LogP contribution in [-0.4, -0.2) is 17.0 Å². The summed E-state index contributed by atoms with van der Waals surface area (Å²) in [6.07, 6.45) is 1.56. The number of carbonyl (C=O) groups is 2. The summed E-state index contributed by atoms with van der Waals surface area (Å²) in [5.41, 5.74) is 3.01. The summed E-state index contributed by atoms with van der Waals surface area (Å²) in [7, 11) is 0. The Morgan fingerprint density at radius 2 is 2.05 bits per heavy atom. The molecular weight excluding hydrogens is 270 g/mol. The first-order valence-electron chi connectivity index (χ1n) is 6.60. The van der Waals surface area contributed by atoms with Crippen molar-refractivity contribution in [2.24, 2.45) is 0 Å². The fourth-order valence-corrected chi connectivity index (χ4v) is 2.13. The molecule has 1 heterocycles. The van der Waals surface area contributed by atoms with Crippen LogP contribution in [0.15, 0.2) is 34.9 Å². The van der Waals surface area contributed by atoms with E-state index in [4.69, 9.17) is 9.52 Å². The first-order valence-corrected chi connectivity index (χ1v) is 6.60. The summed E-state index contributed by atoms with van der Waals surface area (Å²) in [4.78, 5) is 22.8. The summed E-state index contributed by atoms with van der Waals surface area (Å²) >= 11 is 0. The van der Waals surface area contributed by atoms with Gasteiger partial charge in [-0.1, -0.05) is 12.1 Å². The summed E-state index contributed by atoms with van der Waals surface area (Å²) in [6.45, 7) is 4.16. The number of hydrogen-bond acceptors (Lipinski definition) is 3. The molecule has 1 aromatic carbocycles. The van der Waals surface area contributed by atoms with Crippen LogP contribution in [0.25, 0.3) is 0 Å². The van der Waals surface area contributed by atoms with Gasteiger partial charge in [0.05, 0.1) is 12.7 Å². The highest BCUT2D eigenvalue weighted by atomic mass is 16.4. The molecule has 5 heteroatoms. The van der Waals surface area contributed by atoms with Crippen molar-refractivity contribution in [1.29, 1.82) is 0 Å². The van der Waals surface area contributed by atoms with E-state index in [1.807, 2.05) is 13.8 Å². The summed E-state index contributed by atoms with van der Waals surface area (Å²) in [6, 6.07) is 6.63. The molecule has 2 aromatic rings. The van der Waals surface area contributed by atoms with Crippen molar-refractivity contribution in [1.82, 2.24) is 5.32 Å². The number of furan rings is 1. The van der Waals surface area contributed by atoms with Crippen LogP contribution in [0.1, 0.15) is 32.8 Å². The molecule has 2 rings (SSSR count). The molecule has 0 unspecified atom stereocenters. The molecule has 0 spiro atoms. The predicted octanol–water partition coefficient (Wildman–Crippen LogP) is 2.45. The van der Waals surface area contributed by atoms with Gasteiger partial charge in [0.15, 0.2) is 0 Å². The predicted molar refractivity (Wildman–Crippen MR) is 77.1 cm³/mol. The average Bonchev–Trinajstić information content (AvgIpc) is 2.75. The fraction of sp³-hybridized carbons (Fsp3) is 0.250.